The number of aryl methyl sites for hydroxylation is 3. The molecule has 0 unspecified atom stereocenters. The highest BCUT2D eigenvalue weighted by Gasteiger charge is 2.53. The fraction of sp³-hybridized carbons (Fsp3) is 0.138. The van der Waals surface area contributed by atoms with E-state index in [0.717, 1.165) is 0 Å². The van der Waals surface area contributed by atoms with Crippen molar-refractivity contribution in [3.63, 3.8) is 0 Å². The molecule has 4 aromatic rings. The quantitative estimate of drug-likeness (QED) is 0.446. The van der Waals surface area contributed by atoms with E-state index in [1.54, 1.807) is 0 Å². The van der Waals surface area contributed by atoms with Crippen LogP contribution in [0.5, 0.6) is 0 Å². The van der Waals surface area contributed by atoms with Crippen LogP contribution in [0, 0.1) is 20.8 Å². The summed E-state index contributed by atoms with van der Waals surface area (Å²) in [4.78, 5) is 0. The van der Waals surface area contributed by atoms with E-state index < -0.39 is 0 Å². The second kappa shape index (κ2) is 7.10. The molecular formula is C29H26B2N+. The lowest BCUT2D eigenvalue weighted by atomic mass is 9.24. The van der Waals surface area contributed by atoms with Gasteiger partial charge in [0.15, 0.2) is 5.71 Å². The summed E-state index contributed by atoms with van der Waals surface area (Å²) in [7, 11) is 2.27. The van der Waals surface area contributed by atoms with E-state index in [1.807, 2.05) is 0 Å². The van der Waals surface area contributed by atoms with Crippen molar-refractivity contribution in [2.45, 2.75) is 20.8 Å². The Hall–Kier alpha value is -3.32. The highest BCUT2D eigenvalue weighted by molar-refractivity contribution is 7.07. The fourth-order valence-electron chi connectivity index (χ4n) is 6.24. The van der Waals surface area contributed by atoms with Crippen LogP contribution in [0.15, 0.2) is 84.9 Å². The first kappa shape index (κ1) is 19.4. The summed E-state index contributed by atoms with van der Waals surface area (Å²) in [5, 5.41) is 0. The third kappa shape index (κ3) is 2.57. The number of fused-ring (bicyclic) bond motifs is 2. The summed E-state index contributed by atoms with van der Waals surface area (Å²) in [6.07, 6.45) is 0. The van der Waals surface area contributed by atoms with Crippen molar-refractivity contribution in [1.29, 1.82) is 0 Å². The zero-order chi connectivity index (χ0) is 22.0. The molecule has 32 heavy (non-hydrogen) atoms. The molecule has 0 N–H and O–H groups in total. The molecular weight excluding hydrogens is 384 g/mol. The topological polar surface area (TPSA) is 3.01 Å². The van der Waals surface area contributed by atoms with Crippen LogP contribution in [0.4, 0.5) is 0 Å². The second-order valence-corrected chi connectivity index (χ2v) is 9.35. The van der Waals surface area contributed by atoms with Crippen molar-refractivity contribution in [1.82, 2.24) is 0 Å². The minimum Gasteiger partial charge on any atom is -0.308 e. The number of rotatable bonds is 2. The Labute approximate surface area is 191 Å². The van der Waals surface area contributed by atoms with Gasteiger partial charge in [-0.3, -0.25) is 0 Å². The largest absolute Gasteiger partial charge is 0.553 e. The molecule has 2 aliphatic rings. The lowest BCUT2D eigenvalue weighted by Gasteiger charge is -2.29. The first-order chi connectivity index (χ1) is 15.6. The van der Waals surface area contributed by atoms with Crippen LogP contribution in [0.25, 0.3) is 0 Å². The Kier molecular flexibility index (Phi) is 4.30. The molecule has 6 rings (SSSR count). The van der Waals surface area contributed by atoms with Gasteiger partial charge in [0.25, 0.3) is 0 Å². The van der Waals surface area contributed by atoms with Crippen LogP contribution >= 0.6 is 0 Å². The molecule has 4 aromatic carbocycles. The minimum atomic E-state index is 0.258. The van der Waals surface area contributed by atoms with Crippen molar-refractivity contribution in [2.75, 3.05) is 7.05 Å². The normalized spacial score (nSPS) is 14.0. The van der Waals surface area contributed by atoms with E-state index in [4.69, 9.17) is 0 Å². The van der Waals surface area contributed by atoms with Gasteiger partial charge < -0.3 is 4.49 Å². The molecule has 152 valence electrons. The third-order valence-electron chi connectivity index (χ3n) is 7.54. The van der Waals surface area contributed by atoms with Crippen molar-refractivity contribution >= 4 is 46.6 Å². The predicted octanol–water partition coefficient (Wildman–Crippen LogP) is 2.04. The van der Waals surface area contributed by atoms with Crippen LogP contribution in [-0.2, 0) is 0 Å². The summed E-state index contributed by atoms with van der Waals surface area (Å²) in [6.45, 7) is 7.33. The average molecular weight is 410 g/mol. The molecule has 0 aromatic heterocycles. The van der Waals surface area contributed by atoms with Crippen LogP contribution in [0.2, 0.25) is 0 Å². The Morgan fingerprint density at radius 1 is 0.562 bits per heavy atom. The van der Waals surface area contributed by atoms with Gasteiger partial charge >= 0.3 is 6.85 Å². The molecule has 2 aliphatic heterocycles. The van der Waals surface area contributed by atoms with E-state index in [-0.39, 0.29) is 13.6 Å². The Morgan fingerprint density at radius 2 is 1.12 bits per heavy atom. The lowest BCUT2D eigenvalue weighted by Crippen LogP contribution is -2.74. The second-order valence-electron chi connectivity index (χ2n) is 9.35. The molecule has 0 bridgehead atoms. The molecule has 1 nitrogen and oxygen atoms in total. The van der Waals surface area contributed by atoms with Crippen LogP contribution in [0.1, 0.15) is 27.8 Å². The monoisotopic (exact) mass is 410 g/mol. The van der Waals surface area contributed by atoms with Crippen molar-refractivity contribution in [3.8, 4) is 0 Å². The van der Waals surface area contributed by atoms with Crippen molar-refractivity contribution < 1.29 is 4.49 Å². The van der Waals surface area contributed by atoms with E-state index in [1.165, 1.54) is 60.8 Å². The first-order valence-corrected chi connectivity index (χ1v) is 11.5. The standard InChI is InChI=1S/C29H26B2N/c1-19-11-8-12-20(2)26(19)30-24-17-9-13-21(3)27(24)31-28-23(16-10-18-25(28)30)29(32(31)4)22-14-6-5-7-15-22/h5-18H,1-4H3/q+1. The molecule has 0 spiro atoms. The van der Waals surface area contributed by atoms with E-state index in [9.17, 15) is 0 Å². The maximum absolute atomic E-state index is 2.51. The number of hydrogen-bond acceptors (Lipinski definition) is 0. The maximum atomic E-state index is 2.51. The zero-order valence-corrected chi connectivity index (χ0v) is 19.2. The van der Waals surface area contributed by atoms with Crippen molar-refractivity contribution in [3.05, 3.63) is 113 Å². The minimum absolute atomic E-state index is 0.258. The highest BCUT2D eigenvalue weighted by atomic mass is 14.9. The van der Waals surface area contributed by atoms with Crippen LogP contribution in [-0.4, -0.2) is 30.8 Å². The Bertz CT molecular complexity index is 1400. The summed E-state index contributed by atoms with van der Waals surface area (Å²) < 4.78 is 2.51. The Balaban J connectivity index is 1.72. The van der Waals surface area contributed by atoms with E-state index in [2.05, 4.69) is 117 Å². The van der Waals surface area contributed by atoms with Crippen molar-refractivity contribution in [2.24, 2.45) is 0 Å². The average Bonchev–Trinajstić information content (AvgIpc) is 3.09. The molecule has 2 heterocycles. The van der Waals surface area contributed by atoms with Gasteiger partial charge in [-0.25, -0.2) is 0 Å². The molecule has 0 radical (unpaired) electrons. The van der Waals surface area contributed by atoms with E-state index in [0.29, 0.717) is 0 Å². The molecule has 0 atom stereocenters. The maximum Gasteiger partial charge on any atom is 0.553 e. The smallest absolute Gasteiger partial charge is 0.308 e. The van der Waals surface area contributed by atoms with Crippen LogP contribution in [0.3, 0.4) is 0 Å². The number of hydrogen-bond donors (Lipinski definition) is 0. The van der Waals surface area contributed by atoms with Gasteiger partial charge in [0, 0.05) is 22.1 Å². The molecule has 0 fully saturated rings. The molecule has 0 saturated carbocycles. The van der Waals surface area contributed by atoms with Gasteiger partial charge in [-0.1, -0.05) is 94.2 Å². The summed E-state index contributed by atoms with van der Waals surface area (Å²) in [6, 6.07) is 31.4. The third-order valence-corrected chi connectivity index (χ3v) is 7.54. The van der Waals surface area contributed by atoms with Crippen LogP contribution < -0.4 is 27.3 Å². The fourth-order valence-corrected chi connectivity index (χ4v) is 6.24. The lowest BCUT2D eigenvalue weighted by molar-refractivity contribution is -0.343. The highest BCUT2D eigenvalue weighted by Crippen LogP contribution is 2.19. The van der Waals surface area contributed by atoms with E-state index >= 15 is 0 Å². The van der Waals surface area contributed by atoms with Gasteiger partial charge in [-0.15, -0.1) is 0 Å². The predicted molar refractivity (Wildman–Crippen MR) is 139 cm³/mol. The summed E-state index contributed by atoms with van der Waals surface area (Å²) in [5.74, 6) is 0. The molecule has 0 amide bonds. The SMILES string of the molecule is Cc1cccc(C)c1B1c2cccc(C)c2B2c3c1cccc3C(c1ccccc1)=[N+]2C. The summed E-state index contributed by atoms with van der Waals surface area (Å²) in [5.41, 5.74) is 15.5. The number of nitrogens with zero attached hydrogens (tertiary/aromatic N) is 1. The zero-order valence-electron chi connectivity index (χ0n) is 19.2. The molecule has 0 saturated heterocycles. The van der Waals surface area contributed by atoms with Gasteiger partial charge in [-0.2, -0.15) is 0 Å². The Morgan fingerprint density at radius 3 is 1.81 bits per heavy atom. The summed E-state index contributed by atoms with van der Waals surface area (Å²) >= 11 is 0. The molecule has 0 aliphatic carbocycles. The van der Waals surface area contributed by atoms with Gasteiger partial charge in [0.05, 0.1) is 0 Å². The van der Waals surface area contributed by atoms with Gasteiger partial charge in [-0.05, 0) is 44.5 Å². The number of benzene rings is 4. The van der Waals surface area contributed by atoms with Gasteiger partial charge in [0.2, 0.25) is 6.71 Å². The molecule has 3 heteroatoms. The van der Waals surface area contributed by atoms with Gasteiger partial charge in [0.1, 0.15) is 7.05 Å². The first-order valence-electron chi connectivity index (χ1n) is 11.5.